The molecule has 2 fully saturated rings. The number of rotatable bonds is 5. The zero-order valence-corrected chi connectivity index (χ0v) is 14.3. The van der Waals surface area contributed by atoms with Gasteiger partial charge in [0.1, 0.15) is 10.6 Å². The van der Waals surface area contributed by atoms with Crippen molar-refractivity contribution in [2.75, 3.05) is 32.9 Å². The Kier molecular flexibility index (Phi) is 4.54. The zero-order valence-electron chi connectivity index (χ0n) is 13.5. The maximum Gasteiger partial charge on any atom is 0.311 e. The molecule has 24 heavy (non-hydrogen) atoms. The Morgan fingerprint density at radius 2 is 2.21 bits per heavy atom. The van der Waals surface area contributed by atoms with Gasteiger partial charge < -0.3 is 14.6 Å². The Hall–Kier alpha value is -1.64. The van der Waals surface area contributed by atoms with Crippen LogP contribution in [0, 0.1) is 11.3 Å². The van der Waals surface area contributed by atoms with E-state index in [0.29, 0.717) is 19.6 Å². The van der Waals surface area contributed by atoms with E-state index in [4.69, 9.17) is 9.47 Å². The lowest BCUT2D eigenvalue weighted by Crippen LogP contribution is -2.45. The van der Waals surface area contributed by atoms with E-state index in [1.54, 1.807) is 25.1 Å². The van der Waals surface area contributed by atoms with Gasteiger partial charge in [0.15, 0.2) is 0 Å². The fourth-order valence-electron chi connectivity index (χ4n) is 3.51. The number of carboxylic acid groups (broad SMARTS) is 1. The summed E-state index contributed by atoms with van der Waals surface area (Å²) in [5.41, 5.74) is -1.06. The molecular formula is C16H21NO6S. The molecule has 2 heterocycles. The van der Waals surface area contributed by atoms with Crippen molar-refractivity contribution in [2.45, 2.75) is 18.2 Å². The summed E-state index contributed by atoms with van der Waals surface area (Å²) >= 11 is 0. The topological polar surface area (TPSA) is 93.1 Å². The molecule has 3 rings (SSSR count). The lowest BCUT2D eigenvalue weighted by Gasteiger charge is -2.34. The third kappa shape index (κ3) is 2.68. The first-order valence-electron chi connectivity index (χ1n) is 7.95. The normalized spacial score (nSPS) is 27.6. The number of aliphatic carboxylic acids is 1. The van der Waals surface area contributed by atoms with Crippen molar-refractivity contribution in [1.82, 2.24) is 4.31 Å². The second-order valence-electron chi connectivity index (χ2n) is 6.16. The van der Waals surface area contributed by atoms with Gasteiger partial charge in [-0.3, -0.25) is 4.79 Å². The molecule has 1 aromatic rings. The van der Waals surface area contributed by atoms with Crippen LogP contribution < -0.4 is 4.74 Å². The smallest absolute Gasteiger partial charge is 0.311 e. The monoisotopic (exact) mass is 355 g/mol. The summed E-state index contributed by atoms with van der Waals surface area (Å²) in [5.74, 6) is -1.00. The van der Waals surface area contributed by atoms with Crippen molar-refractivity contribution in [3.63, 3.8) is 0 Å². The Morgan fingerprint density at radius 1 is 1.46 bits per heavy atom. The van der Waals surface area contributed by atoms with Crippen LogP contribution in [0.15, 0.2) is 29.2 Å². The highest BCUT2D eigenvalue weighted by Crippen LogP contribution is 2.44. The Balaban J connectivity index is 1.96. The number of nitrogens with zero attached hydrogens (tertiary/aromatic N) is 1. The predicted molar refractivity (Wildman–Crippen MR) is 85.4 cm³/mol. The number of ether oxygens (including phenoxy) is 2. The van der Waals surface area contributed by atoms with Crippen molar-refractivity contribution in [3.8, 4) is 5.75 Å². The van der Waals surface area contributed by atoms with Crippen LogP contribution in [-0.4, -0.2) is 56.7 Å². The number of carboxylic acids is 1. The van der Waals surface area contributed by atoms with E-state index in [1.165, 1.54) is 10.4 Å². The molecule has 2 aliphatic rings. The van der Waals surface area contributed by atoms with Gasteiger partial charge in [-0.25, -0.2) is 8.42 Å². The summed E-state index contributed by atoms with van der Waals surface area (Å²) in [6.07, 6.45) is 0.326. The second kappa shape index (κ2) is 6.34. The SMILES string of the molecule is CCOc1ccccc1S(=O)(=O)N1C[C@@H]2COCC[C@]2(C(=O)O)C1. The van der Waals surface area contributed by atoms with E-state index in [2.05, 4.69) is 0 Å². The standard InChI is InChI=1S/C16H21NO6S/c1-2-23-13-5-3-4-6-14(13)24(20,21)17-9-12-10-22-8-7-16(12,11-17)15(18)19/h3-6,12H,2,7-11H2,1H3,(H,18,19)/t12-,16+/m1/s1. The number of carbonyl (C=O) groups is 1. The molecule has 0 unspecified atom stereocenters. The summed E-state index contributed by atoms with van der Waals surface area (Å²) in [6.45, 7) is 2.86. The van der Waals surface area contributed by atoms with E-state index >= 15 is 0 Å². The van der Waals surface area contributed by atoms with Crippen LogP contribution in [0.4, 0.5) is 0 Å². The van der Waals surface area contributed by atoms with E-state index < -0.39 is 21.4 Å². The van der Waals surface area contributed by atoms with E-state index in [9.17, 15) is 18.3 Å². The van der Waals surface area contributed by atoms with Gasteiger partial charge >= 0.3 is 5.97 Å². The molecule has 0 spiro atoms. The molecule has 1 N–H and O–H groups in total. The van der Waals surface area contributed by atoms with Gasteiger partial charge in [-0.05, 0) is 25.5 Å². The molecule has 7 nitrogen and oxygen atoms in total. The minimum atomic E-state index is -3.83. The third-order valence-electron chi connectivity index (χ3n) is 4.87. The molecule has 2 aliphatic heterocycles. The van der Waals surface area contributed by atoms with Crippen LogP contribution in [0.2, 0.25) is 0 Å². The van der Waals surface area contributed by atoms with Crippen LogP contribution in [0.3, 0.4) is 0 Å². The molecule has 1 aromatic carbocycles. The Morgan fingerprint density at radius 3 is 2.88 bits per heavy atom. The number of hydrogen-bond donors (Lipinski definition) is 1. The number of benzene rings is 1. The third-order valence-corrected chi connectivity index (χ3v) is 6.72. The number of fused-ring (bicyclic) bond motifs is 1. The highest BCUT2D eigenvalue weighted by molar-refractivity contribution is 7.89. The summed E-state index contributed by atoms with van der Waals surface area (Å²) in [6, 6.07) is 6.44. The van der Waals surface area contributed by atoms with Gasteiger partial charge in [0.2, 0.25) is 10.0 Å². The van der Waals surface area contributed by atoms with Crippen LogP contribution in [-0.2, 0) is 19.6 Å². The number of sulfonamides is 1. The van der Waals surface area contributed by atoms with E-state index in [0.717, 1.165) is 0 Å². The Labute approximate surface area is 141 Å². The second-order valence-corrected chi connectivity index (χ2v) is 8.07. The first-order chi connectivity index (χ1) is 11.4. The van der Waals surface area contributed by atoms with Gasteiger partial charge in [-0.1, -0.05) is 12.1 Å². The fourth-order valence-corrected chi connectivity index (χ4v) is 5.20. The summed E-state index contributed by atoms with van der Waals surface area (Å²) in [4.78, 5) is 11.9. The van der Waals surface area contributed by atoms with Gasteiger partial charge in [-0.2, -0.15) is 4.31 Å². The van der Waals surface area contributed by atoms with Crippen LogP contribution in [0.1, 0.15) is 13.3 Å². The lowest BCUT2D eigenvalue weighted by molar-refractivity contribution is -0.157. The fraction of sp³-hybridized carbons (Fsp3) is 0.562. The van der Waals surface area contributed by atoms with Crippen molar-refractivity contribution < 1.29 is 27.8 Å². The average Bonchev–Trinajstić information content (AvgIpc) is 2.97. The van der Waals surface area contributed by atoms with Crippen molar-refractivity contribution in [3.05, 3.63) is 24.3 Å². The Bertz CT molecular complexity index is 734. The zero-order chi connectivity index (χ0) is 17.4. The van der Waals surface area contributed by atoms with Crippen molar-refractivity contribution in [1.29, 1.82) is 0 Å². The van der Waals surface area contributed by atoms with Crippen LogP contribution >= 0.6 is 0 Å². The maximum atomic E-state index is 13.1. The largest absolute Gasteiger partial charge is 0.492 e. The predicted octanol–water partition coefficient (Wildman–Crippen LogP) is 1.20. The number of hydrogen-bond acceptors (Lipinski definition) is 5. The van der Waals surface area contributed by atoms with Gasteiger partial charge in [-0.15, -0.1) is 0 Å². The molecule has 0 amide bonds. The highest BCUT2D eigenvalue weighted by Gasteiger charge is 2.56. The summed E-state index contributed by atoms with van der Waals surface area (Å²) < 4.78 is 38.2. The van der Waals surface area contributed by atoms with Gasteiger partial charge in [0.25, 0.3) is 0 Å². The maximum absolute atomic E-state index is 13.1. The van der Waals surface area contributed by atoms with Gasteiger partial charge in [0, 0.05) is 25.6 Å². The van der Waals surface area contributed by atoms with E-state index in [-0.39, 0.29) is 36.3 Å². The van der Waals surface area contributed by atoms with Crippen LogP contribution in [0.5, 0.6) is 5.75 Å². The minimum Gasteiger partial charge on any atom is -0.492 e. The summed E-state index contributed by atoms with van der Waals surface area (Å²) in [5, 5.41) is 9.69. The molecular weight excluding hydrogens is 334 g/mol. The van der Waals surface area contributed by atoms with Crippen LogP contribution in [0.25, 0.3) is 0 Å². The highest BCUT2D eigenvalue weighted by atomic mass is 32.2. The molecule has 0 aromatic heterocycles. The van der Waals surface area contributed by atoms with Crippen molar-refractivity contribution in [2.24, 2.45) is 11.3 Å². The average molecular weight is 355 g/mol. The molecule has 0 aliphatic carbocycles. The molecule has 8 heteroatoms. The minimum absolute atomic E-state index is 0.0286. The first kappa shape index (κ1) is 17.2. The molecule has 0 saturated carbocycles. The van der Waals surface area contributed by atoms with Crippen molar-refractivity contribution >= 4 is 16.0 Å². The molecule has 2 atom stereocenters. The van der Waals surface area contributed by atoms with E-state index in [1.807, 2.05) is 0 Å². The molecule has 132 valence electrons. The lowest BCUT2D eigenvalue weighted by atomic mass is 9.74. The first-order valence-corrected chi connectivity index (χ1v) is 9.39. The molecule has 0 radical (unpaired) electrons. The summed E-state index contributed by atoms with van der Waals surface area (Å²) in [7, 11) is -3.83. The number of para-hydroxylation sites is 1. The molecule has 2 saturated heterocycles. The molecule has 0 bridgehead atoms. The quantitative estimate of drug-likeness (QED) is 0.853. The van der Waals surface area contributed by atoms with Gasteiger partial charge in [0.05, 0.1) is 18.6 Å².